The summed E-state index contributed by atoms with van der Waals surface area (Å²) in [6.07, 6.45) is 84.1. The molecular formula is C83H138O17P2. The molecule has 0 amide bonds. The number of esters is 4. The van der Waals surface area contributed by atoms with Crippen LogP contribution in [0.15, 0.2) is 146 Å². The van der Waals surface area contributed by atoms with E-state index in [0.29, 0.717) is 32.1 Å². The van der Waals surface area contributed by atoms with E-state index in [-0.39, 0.29) is 25.7 Å². The lowest BCUT2D eigenvalue weighted by Gasteiger charge is -2.21. The summed E-state index contributed by atoms with van der Waals surface area (Å²) < 4.78 is 68.4. The SMILES string of the molecule is CC/C=C\C/C=C\C/C=C\C/C=C\C/C=C\CCCCCC(=O)OCC(COP(=O)(O)OCC(O)COP(=O)(O)OCC(COC(=O)CCC/C=C\C/C=C\C/C=C\C/C=C\C/C=C\CC)OC(=O)CCCCCCC/C=C\C/C=C\CCC)OC(=O)CCCCCCCCCCCCCCC. The molecule has 0 bridgehead atoms. The second-order valence-electron chi connectivity index (χ2n) is 25.5. The minimum absolute atomic E-state index is 0.0622. The number of aliphatic hydroxyl groups is 1. The minimum Gasteiger partial charge on any atom is -0.462 e. The first kappa shape index (κ1) is 96.9. The average molecular weight is 1470 g/mol. The van der Waals surface area contributed by atoms with Gasteiger partial charge in [-0.1, -0.05) is 283 Å². The van der Waals surface area contributed by atoms with Gasteiger partial charge in [-0.05, 0) is 135 Å². The van der Waals surface area contributed by atoms with Gasteiger partial charge in [0.05, 0.1) is 26.4 Å². The minimum atomic E-state index is -5.00. The van der Waals surface area contributed by atoms with Crippen LogP contribution in [0, 0.1) is 0 Å². The second kappa shape index (κ2) is 74.2. The van der Waals surface area contributed by atoms with E-state index in [0.717, 1.165) is 161 Å². The number of aliphatic hydroxyl groups excluding tert-OH is 1. The van der Waals surface area contributed by atoms with Crippen molar-refractivity contribution in [3.05, 3.63) is 146 Å². The highest BCUT2D eigenvalue weighted by atomic mass is 31.2. The Labute approximate surface area is 617 Å². The zero-order valence-corrected chi connectivity index (χ0v) is 65.3. The molecule has 0 radical (unpaired) electrons. The molecular weight excluding hydrogens is 1330 g/mol. The summed E-state index contributed by atoms with van der Waals surface area (Å²) >= 11 is 0. The van der Waals surface area contributed by atoms with Crippen molar-refractivity contribution in [2.75, 3.05) is 39.6 Å². The fraction of sp³-hybridized carbons (Fsp3) is 0.663. The first-order valence-electron chi connectivity index (χ1n) is 39.1. The van der Waals surface area contributed by atoms with Gasteiger partial charge >= 0.3 is 39.5 Å². The highest BCUT2D eigenvalue weighted by Crippen LogP contribution is 2.45. The topological polar surface area (TPSA) is 237 Å². The summed E-state index contributed by atoms with van der Waals surface area (Å²) in [6.45, 7) is 4.46. The van der Waals surface area contributed by atoms with Crippen LogP contribution < -0.4 is 0 Å². The molecule has 5 unspecified atom stereocenters. The van der Waals surface area contributed by atoms with Crippen LogP contribution in [-0.2, 0) is 65.4 Å². The average Bonchev–Trinajstić information content (AvgIpc) is 0.909. The lowest BCUT2D eigenvalue weighted by atomic mass is 10.0. The lowest BCUT2D eigenvalue weighted by Crippen LogP contribution is -2.30. The van der Waals surface area contributed by atoms with Gasteiger partial charge in [0.25, 0.3) is 0 Å². The van der Waals surface area contributed by atoms with Crippen LogP contribution >= 0.6 is 15.6 Å². The van der Waals surface area contributed by atoms with Gasteiger partial charge in [-0.25, -0.2) is 9.13 Å². The summed E-state index contributed by atoms with van der Waals surface area (Å²) in [7, 11) is -9.99. The molecule has 17 nitrogen and oxygen atoms in total. The summed E-state index contributed by atoms with van der Waals surface area (Å²) in [5.74, 6) is -2.30. The molecule has 0 saturated heterocycles. The maximum absolute atomic E-state index is 13.1. The van der Waals surface area contributed by atoms with Gasteiger partial charge in [0, 0.05) is 25.7 Å². The van der Waals surface area contributed by atoms with Gasteiger partial charge in [0.2, 0.25) is 0 Å². The molecule has 0 aliphatic rings. The fourth-order valence-corrected chi connectivity index (χ4v) is 11.5. The molecule has 5 atom stereocenters. The van der Waals surface area contributed by atoms with Gasteiger partial charge in [0.15, 0.2) is 12.2 Å². The number of allylic oxidation sites excluding steroid dienone is 24. The molecule has 102 heavy (non-hydrogen) atoms. The predicted molar refractivity (Wildman–Crippen MR) is 417 cm³/mol. The zero-order valence-electron chi connectivity index (χ0n) is 63.5. The molecule has 0 aromatic heterocycles. The third kappa shape index (κ3) is 73.3. The van der Waals surface area contributed by atoms with Gasteiger partial charge in [-0.15, -0.1) is 0 Å². The van der Waals surface area contributed by atoms with Crippen LogP contribution in [0.5, 0.6) is 0 Å². The molecule has 0 aliphatic heterocycles. The van der Waals surface area contributed by atoms with Crippen molar-refractivity contribution in [1.29, 1.82) is 0 Å². The molecule has 582 valence electrons. The van der Waals surface area contributed by atoms with Crippen LogP contribution in [0.4, 0.5) is 0 Å². The number of phosphoric ester groups is 2. The summed E-state index contributed by atoms with van der Waals surface area (Å²) in [5.41, 5.74) is 0. The number of hydrogen-bond donors (Lipinski definition) is 3. The monoisotopic (exact) mass is 1470 g/mol. The molecule has 0 aromatic carbocycles. The van der Waals surface area contributed by atoms with Crippen LogP contribution in [0.2, 0.25) is 0 Å². The second-order valence-corrected chi connectivity index (χ2v) is 28.4. The third-order valence-electron chi connectivity index (χ3n) is 15.8. The molecule has 19 heteroatoms. The van der Waals surface area contributed by atoms with E-state index in [1.807, 2.05) is 12.2 Å². The number of unbranched alkanes of at least 4 members (excludes halogenated alkanes) is 22. The normalized spacial score (nSPS) is 14.7. The quantitative estimate of drug-likeness (QED) is 0.0169. The van der Waals surface area contributed by atoms with Crippen LogP contribution in [0.25, 0.3) is 0 Å². The highest BCUT2D eigenvalue weighted by Gasteiger charge is 2.30. The summed E-state index contributed by atoms with van der Waals surface area (Å²) in [5, 5.41) is 10.6. The van der Waals surface area contributed by atoms with Gasteiger partial charge in [0.1, 0.15) is 19.3 Å². The number of ether oxygens (including phenoxy) is 4. The maximum Gasteiger partial charge on any atom is 0.472 e. The first-order chi connectivity index (χ1) is 49.7. The van der Waals surface area contributed by atoms with E-state index in [4.69, 9.17) is 37.0 Å². The number of hydrogen-bond acceptors (Lipinski definition) is 15. The van der Waals surface area contributed by atoms with Gasteiger partial charge < -0.3 is 33.8 Å². The van der Waals surface area contributed by atoms with E-state index in [2.05, 4.69) is 161 Å². The van der Waals surface area contributed by atoms with Crippen LogP contribution in [0.1, 0.15) is 297 Å². The Hall–Kier alpha value is -5.06. The zero-order chi connectivity index (χ0) is 74.6. The molecule has 0 spiro atoms. The largest absolute Gasteiger partial charge is 0.472 e. The van der Waals surface area contributed by atoms with Crippen LogP contribution in [-0.4, -0.2) is 96.7 Å². The van der Waals surface area contributed by atoms with E-state index in [9.17, 15) is 43.2 Å². The number of carbonyl (C=O) groups excluding carboxylic acids is 4. The number of phosphoric acid groups is 2. The smallest absolute Gasteiger partial charge is 0.462 e. The van der Waals surface area contributed by atoms with Crippen molar-refractivity contribution in [2.45, 2.75) is 316 Å². The van der Waals surface area contributed by atoms with Crippen molar-refractivity contribution in [2.24, 2.45) is 0 Å². The molecule has 0 rings (SSSR count). The van der Waals surface area contributed by atoms with E-state index in [1.54, 1.807) is 0 Å². The van der Waals surface area contributed by atoms with Crippen molar-refractivity contribution in [3.8, 4) is 0 Å². The Bertz CT molecular complexity index is 2510. The number of carbonyl (C=O) groups is 4. The standard InChI is InChI=1S/C83H138O17P2/c1-5-9-13-17-21-25-29-33-35-37-38-40-42-46-48-52-56-60-64-68-81(86)94-74-79(100-83(88)70-66-62-58-54-50-44-32-28-24-20-16-12-8-4)76-98-102(91,92)96-72-77(84)71-95-101(89,90)97-75-78(99-82(87)69-65-61-57-53-49-43-31-27-23-19-15-11-7-3)73-93-80(85)67-63-59-55-51-47-45-41-39-36-34-30-26-22-18-14-10-6-2/h9-10,13-15,19,21-22,25-27,31,33-36,38,40-41,45-46,48,51,55,77-79,84H,5-8,11-12,16-18,20,23-24,28-30,32,37,39,42-44,47,49-50,52-54,56-76H2,1-4H3,(H,89,90)(H,91,92)/b13-9-,14-10-,19-15-,25-21-,26-22-,31-27-,35-33-,36-34-,40-38-,45-41-,48-46-,55-51-. The molecule has 3 N–H and O–H groups in total. The Morgan fingerprint density at radius 2 is 0.539 bits per heavy atom. The lowest BCUT2D eigenvalue weighted by molar-refractivity contribution is -0.161. The molecule has 0 aromatic rings. The van der Waals surface area contributed by atoms with E-state index >= 15 is 0 Å². The number of rotatable bonds is 72. The highest BCUT2D eigenvalue weighted by molar-refractivity contribution is 7.47. The first-order valence-corrected chi connectivity index (χ1v) is 42.1. The fourth-order valence-electron chi connectivity index (χ4n) is 9.91. The Balaban J connectivity index is 5.42. The van der Waals surface area contributed by atoms with E-state index in [1.165, 1.54) is 51.4 Å². The summed E-state index contributed by atoms with van der Waals surface area (Å²) in [4.78, 5) is 72.9. The van der Waals surface area contributed by atoms with Gasteiger partial charge in [-0.3, -0.25) is 37.3 Å². The molecule has 0 fully saturated rings. The predicted octanol–water partition coefficient (Wildman–Crippen LogP) is 22.7. The molecule has 0 saturated carbocycles. The van der Waals surface area contributed by atoms with Crippen molar-refractivity contribution in [3.63, 3.8) is 0 Å². The Morgan fingerprint density at radius 3 is 0.873 bits per heavy atom. The van der Waals surface area contributed by atoms with Crippen LogP contribution in [0.3, 0.4) is 0 Å². The Kier molecular flexibility index (Phi) is 70.5. The molecule has 0 heterocycles. The maximum atomic E-state index is 13.1. The van der Waals surface area contributed by atoms with Crippen molar-refractivity contribution in [1.82, 2.24) is 0 Å². The van der Waals surface area contributed by atoms with Crippen molar-refractivity contribution < 1.29 is 80.2 Å². The molecule has 0 aliphatic carbocycles. The van der Waals surface area contributed by atoms with Crippen molar-refractivity contribution >= 4 is 39.5 Å². The van der Waals surface area contributed by atoms with Gasteiger partial charge in [-0.2, -0.15) is 0 Å². The Morgan fingerprint density at radius 1 is 0.284 bits per heavy atom. The van der Waals surface area contributed by atoms with E-state index < -0.39 is 97.5 Å². The summed E-state index contributed by atoms with van der Waals surface area (Å²) in [6, 6.07) is 0. The third-order valence-corrected chi connectivity index (χ3v) is 17.7.